The number of nitrogens with zero attached hydrogens (tertiary/aromatic N) is 1. The van der Waals surface area contributed by atoms with E-state index in [-0.39, 0.29) is 30.8 Å². The lowest BCUT2D eigenvalue weighted by molar-refractivity contribution is -0.275. The molecule has 0 unspecified atom stereocenters. The Labute approximate surface area is 263 Å². The summed E-state index contributed by atoms with van der Waals surface area (Å²) >= 11 is 0. The van der Waals surface area contributed by atoms with Crippen LogP contribution in [0.4, 0.5) is 29.3 Å². The highest BCUT2D eigenvalue weighted by atomic mass is 32.2. The average molecular weight is 660 g/mol. The van der Waals surface area contributed by atoms with Crippen LogP contribution in [0.25, 0.3) is 5.57 Å². The summed E-state index contributed by atoms with van der Waals surface area (Å²) in [7, 11) is -4.18. The first-order chi connectivity index (χ1) is 21.7. The van der Waals surface area contributed by atoms with Gasteiger partial charge in [-0.2, -0.15) is 0 Å². The van der Waals surface area contributed by atoms with Crippen molar-refractivity contribution in [2.24, 2.45) is 0 Å². The molecule has 0 aliphatic heterocycles. The zero-order chi connectivity index (χ0) is 33.5. The van der Waals surface area contributed by atoms with E-state index < -0.39 is 44.8 Å². The van der Waals surface area contributed by atoms with E-state index in [0.29, 0.717) is 11.3 Å². The highest BCUT2D eigenvalue weighted by molar-refractivity contribution is 7.90. The van der Waals surface area contributed by atoms with E-state index in [1.807, 2.05) is 12.1 Å². The molecule has 10 nitrogen and oxygen atoms in total. The summed E-state index contributed by atoms with van der Waals surface area (Å²) in [6.45, 7) is -0.0376. The molecule has 0 bridgehead atoms. The fourth-order valence-corrected chi connectivity index (χ4v) is 5.66. The van der Waals surface area contributed by atoms with Gasteiger partial charge in [0.05, 0.1) is 13.0 Å². The third-order valence-electron chi connectivity index (χ3n) is 7.09. The van der Waals surface area contributed by atoms with Gasteiger partial charge in [-0.1, -0.05) is 30.3 Å². The quantitative estimate of drug-likeness (QED) is 0.217. The number of hydrogen-bond donors (Lipinski definition) is 3. The maximum Gasteiger partial charge on any atom is 0.573 e. The van der Waals surface area contributed by atoms with Crippen molar-refractivity contribution in [3.05, 3.63) is 89.5 Å². The van der Waals surface area contributed by atoms with Gasteiger partial charge in [0.15, 0.2) is 9.84 Å². The Hall–Kier alpha value is -4.85. The molecular formula is C32H32F3N3O7S. The minimum Gasteiger partial charge on any atom is -0.481 e. The number of carboxylic acids is 1. The van der Waals surface area contributed by atoms with Crippen LogP contribution in [0.15, 0.2) is 77.7 Å². The third kappa shape index (κ3) is 9.57. The summed E-state index contributed by atoms with van der Waals surface area (Å²) in [5, 5.41) is 13.8. The number of rotatable bonds is 11. The number of allylic oxidation sites excluding steroid dienone is 2. The number of amides is 3. The van der Waals surface area contributed by atoms with Gasteiger partial charge >= 0.3 is 18.4 Å². The molecule has 0 fully saturated rings. The Kier molecular flexibility index (Phi) is 10.7. The largest absolute Gasteiger partial charge is 0.573 e. The van der Waals surface area contributed by atoms with Crippen molar-refractivity contribution in [3.63, 3.8) is 0 Å². The third-order valence-corrected chi connectivity index (χ3v) is 8.21. The zero-order valence-corrected chi connectivity index (χ0v) is 25.6. The van der Waals surface area contributed by atoms with Crippen molar-refractivity contribution in [2.75, 3.05) is 23.0 Å². The molecular weight excluding hydrogens is 627 g/mol. The lowest BCUT2D eigenvalue weighted by Crippen LogP contribution is -2.34. The number of carboxylic acid groups (broad SMARTS) is 1. The molecule has 0 heterocycles. The van der Waals surface area contributed by atoms with Crippen LogP contribution in [0, 0.1) is 0 Å². The molecule has 0 saturated heterocycles. The minimum absolute atomic E-state index is 0.00297. The zero-order valence-electron chi connectivity index (χ0n) is 24.8. The summed E-state index contributed by atoms with van der Waals surface area (Å²) in [6.07, 6.45) is 1.69. The number of sulfone groups is 1. The SMILES string of the molecule is CS(=O)(=O)c1cc(NC(=O)N(Cc2ccc(C(=O)NCCC(=O)O)cc2)c2ccc(C3=CCCCC3)cc2)ccc1OC(F)(F)F. The summed E-state index contributed by atoms with van der Waals surface area (Å²) in [4.78, 5) is 37.3. The van der Waals surface area contributed by atoms with Gasteiger partial charge in [-0.05, 0) is 84.8 Å². The number of carbonyl (C=O) groups excluding carboxylic acids is 2. The van der Waals surface area contributed by atoms with Crippen LogP contribution in [-0.4, -0.2) is 50.6 Å². The number of nitrogens with one attached hydrogen (secondary N) is 2. The van der Waals surface area contributed by atoms with E-state index in [4.69, 9.17) is 5.11 Å². The van der Waals surface area contributed by atoms with Gasteiger partial charge in [0.1, 0.15) is 10.6 Å². The first kappa shape index (κ1) is 34.0. The number of benzene rings is 3. The maximum atomic E-state index is 13.7. The number of anilines is 2. The molecule has 0 atom stereocenters. The highest BCUT2D eigenvalue weighted by Gasteiger charge is 2.33. The lowest BCUT2D eigenvalue weighted by Gasteiger charge is -2.24. The van der Waals surface area contributed by atoms with Crippen molar-refractivity contribution in [3.8, 4) is 5.75 Å². The molecule has 3 aromatic rings. The van der Waals surface area contributed by atoms with Crippen molar-refractivity contribution >= 4 is 44.7 Å². The van der Waals surface area contributed by atoms with Crippen LogP contribution in [0.3, 0.4) is 0 Å². The van der Waals surface area contributed by atoms with Crippen LogP contribution >= 0.6 is 0 Å². The lowest BCUT2D eigenvalue weighted by atomic mass is 9.93. The number of aliphatic carboxylic acids is 1. The van der Waals surface area contributed by atoms with Crippen LogP contribution in [-0.2, 0) is 21.2 Å². The van der Waals surface area contributed by atoms with Crippen LogP contribution in [0.1, 0.15) is 53.6 Å². The number of hydrogen-bond acceptors (Lipinski definition) is 6. The second-order valence-electron chi connectivity index (χ2n) is 10.6. The summed E-state index contributed by atoms with van der Waals surface area (Å²) in [5.74, 6) is -2.44. The molecule has 3 amide bonds. The molecule has 14 heteroatoms. The number of alkyl halides is 3. The van der Waals surface area contributed by atoms with Gasteiger partial charge in [-0.15, -0.1) is 13.2 Å². The maximum absolute atomic E-state index is 13.7. The Morgan fingerprint density at radius 3 is 2.26 bits per heavy atom. The molecule has 1 aliphatic carbocycles. The molecule has 0 aromatic heterocycles. The van der Waals surface area contributed by atoms with E-state index in [1.165, 1.54) is 22.6 Å². The first-order valence-electron chi connectivity index (χ1n) is 14.3. The molecule has 3 aromatic carbocycles. The van der Waals surface area contributed by atoms with Gasteiger partial charge in [0.25, 0.3) is 5.91 Å². The van der Waals surface area contributed by atoms with E-state index >= 15 is 0 Å². The van der Waals surface area contributed by atoms with E-state index in [1.54, 1.807) is 24.3 Å². The smallest absolute Gasteiger partial charge is 0.481 e. The average Bonchev–Trinajstić information content (AvgIpc) is 3.00. The number of halogens is 3. The van der Waals surface area contributed by atoms with Gasteiger partial charge in [0, 0.05) is 29.7 Å². The minimum atomic E-state index is -5.13. The predicted molar refractivity (Wildman–Crippen MR) is 165 cm³/mol. The van der Waals surface area contributed by atoms with Crippen LogP contribution in [0.2, 0.25) is 0 Å². The van der Waals surface area contributed by atoms with Crippen LogP contribution < -0.4 is 20.3 Å². The second-order valence-corrected chi connectivity index (χ2v) is 12.6. The van der Waals surface area contributed by atoms with Crippen molar-refractivity contribution in [1.29, 1.82) is 0 Å². The van der Waals surface area contributed by atoms with E-state index in [2.05, 4.69) is 21.4 Å². The number of urea groups is 1. The Morgan fingerprint density at radius 2 is 1.67 bits per heavy atom. The highest BCUT2D eigenvalue weighted by Crippen LogP contribution is 2.33. The topological polar surface area (TPSA) is 142 Å². The fourth-order valence-electron chi connectivity index (χ4n) is 4.84. The van der Waals surface area contributed by atoms with E-state index in [9.17, 15) is 36.0 Å². The molecule has 1 aliphatic rings. The van der Waals surface area contributed by atoms with Crippen molar-refractivity contribution < 1.29 is 45.8 Å². The second kappa shape index (κ2) is 14.5. The molecule has 244 valence electrons. The van der Waals surface area contributed by atoms with Crippen molar-refractivity contribution in [1.82, 2.24) is 5.32 Å². The number of carbonyl (C=O) groups is 3. The van der Waals surface area contributed by atoms with Gasteiger partial charge in [-0.3, -0.25) is 14.5 Å². The molecule has 0 radical (unpaired) electrons. The summed E-state index contributed by atoms with van der Waals surface area (Å²) < 4.78 is 67.1. The normalized spacial score (nSPS) is 13.3. The molecule has 4 rings (SSSR count). The van der Waals surface area contributed by atoms with Gasteiger partial charge < -0.3 is 20.5 Å². The predicted octanol–water partition coefficient (Wildman–Crippen LogP) is 6.39. The van der Waals surface area contributed by atoms with Crippen LogP contribution in [0.5, 0.6) is 5.75 Å². The Balaban J connectivity index is 1.61. The fraction of sp³-hybridized carbons (Fsp3) is 0.281. The molecule has 0 spiro atoms. The van der Waals surface area contributed by atoms with Crippen molar-refractivity contribution in [2.45, 2.75) is 49.9 Å². The monoisotopic (exact) mass is 659 g/mol. The molecule has 46 heavy (non-hydrogen) atoms. The summed E-state index contributed by atoms with van der Waals surface area (Å²) in [6, 6.07) is 15.7. The first-order valence-corrected chi connectivity index (χ1v) is 16.2. The standard InChI is InChI=1S/C32H32F3N3O7S/c1-46(43,44)28-19-25(13-16-27(28)45-32(33,34)35)37-31(42)38(26-14-11-23(12-15-26)22-5-3-2-4-6-22)20-21-7-9-24(10-8-21)30(41)36-18-17-29(39)40/h5,7-16,19H,2-4,6,17-18,20H2,1H3,(H,36,41)(H,37,42)(H,39,40). The molecule has 3 N–H and O–H groups in total. The molecule has 0 saturated carbocycles. The summed E-state index contributed by atoms with van der Waals surface area (Å²) in [5.41, 5.74) is 3.52. The number of ether oxygens (including phenoxy) is 1. The van der Waals surface area contributed by atoms with E-state index in [0.717, 1.165) is 55.7 Å². The Bertz CT molecular complexity index is 1720. The Morgan fingerprint density at radius 1 is 0.978 bits per heavy atom. The van der Waals surface area contributed by atoms with Gasteiger partial charge in [-0.25, -0.2) is 13.2 Å². The van der Waals surface area contributed by atoms with Gasteiger partial charge in [0.2, 0.25) is 0 Å².